The smallest absolute Gasteiger partial charge is 0.355 e. The van der Waals surface area contributed by atoms with E-state index in [1.807, 2.05) is 6.92 Å². The third-order valence-corrected chi connectivity index (χ3v) is 5.52. The minimum absolute atomic E-state index is 0.0372. The summed E-state index contributed by atoms with van der Waals surface area (Å²) >= 11 is 1.15. The number of thiazole rings is 1. The number of aromatic nitrogens is 2. The Hall–Kier alpha value is -3.27. The molecular weight excluding hydrogens is 396 g/mol. The summed E-state index contributed by atoms with van der Waals surface area (Å²) in [7, 11) is 0. The predicted octanol–water partition coefficient (Wildman–Crippen LogP) is 4.07. The number of ether oxygens (including phenoxy) is 1. The number of esters is 1. The molecule has 3 aromatic rings. The molecule has 9 nitrogen and oxygen atoms in total. The molecule has 0 unspecified atom stereocenters. The highest BCUT2D eigenvalue weighted by Gasteiger charge is 2.27. The average Bonchev–Trinajstić information content (AvgIpc) is 3.17. The van der Waals surface area contributed by atoms with Crippen LogP contribution in [0.4, 0.5) is 10.8 Å². The van der Waals surface area contributed by atoms with Crippen molar-refractivity contribution >= 4 is 44.2 Å². The summed E-state index contributed by atoms with van der Waals surface area (Å²) in [5.41, 5.74) is 2.46. The molecule has 0 saturated carbocycles. The quantitative estimate of drug-likeness (QED) is 0.368. The van der Waals surface area contributed by atoms with E-state index in [4.69, 9.17) is 4.74 Å². The molecule has 3 rings (SSSR count). The van der Waals surface area contributed by atoms with Gasteiger partial charge in [-0.15, -0.1) is 0 Å². The maximum Gasteiger partial charge on any atom is 0.355 e. The lowest BCUT2D eigenvalue weighted by Gasteiger charge is -2.08. The number of hydrogen-bond donors (Lipinski definition) is 1. The molecule has 29 heavy (non-hydrogen) atoms. The number of anilines is 1. The molecule has 0 spiro atoms. The molecule has 0 saturated heterocycles. The first-order valence-corrected chi connectivity index (χ1v) is 9.83. The number of nitrogens with one attached hydrogen (secondary N) is 1. The van der Waals surface area contributed by atoms with Crippen LogP contribution in [0.15, 0.2) is 18.2 Å². The van der Waals surface area contributed by atoms with Gasteiger partial charge in [0.1, 0.15) is 5.69 Å². The molecule has 152 valence electrons. The van der Waals surface area contributed by atoms with Crippen LogP contribution in [-0.4, -0.2) is 33.0 Å². The van der Waals surface area contributed by atoms with Crippen molar-refractivity contribution in [2.24, 2.45) is 0 Å². The molecule has 0 fully saturated rings. The van der Waals surface area contributed by atoms with Crippen LogP contribution in [0, 0.1) is 24.0 Å². The zero-order valence-corrected chi connectivity index (χ0v) is 17.3. The molecule has 0 aliphatic heterocycles. The van der Waals surface area contributed by atoms with Crippen LogP contribution in [0.5, 0.6) is 0 Å². The summed E-state index contributed by atoms with van der Waals surface area (Å²) in [4.78, 5) is 40.1. The number of hydrogen-bond acceptors (Lipinski definition) is 7. The normalized spacial score (nSPS) is 10.9. The van der Waals surface area contributed by atoms with Gasteiger partial charge in [-0.2, -0.15) is 0 Å². The van der Waals surface area contributed by atoms with Gasteiger partial charge in [0.25, 0.3) is 11.6 Å². The van der Waals surface area contributed by atoms with E-state index in [1.54, 1.807) is 31.4 Å². The van der Waals surface area contributed by atoms with Crippen molar-refractivity contribution in [3.8, 4) is 0 Å². The Morgan fingerprint density at radius 2 is 2.03 bits per heavy atom. The fraction of sp³-hybridized carbons (Fsp3) is 0.316. The fourth-order valence-corrected chi connectivity index (χ4v) is 4.22. The van der Waals surface area contributed by atoms with E-state index in [0.717, 1.165) is 11.3 Å². The molecular formula is C19H20N4O5S. The lowest BCUT2D eigenvalue weighted by atomic mass is 10.1. The maximum atomic E-state index is 13.0. The summed E-state index contributed by atoms with van der Waals surface area (Å²) in [5, 5.41) is 14.0. The van der Waals surface area contributed by atoms with E-state index in [9.17, 15) is 19.7 Å². The summed E-state index contributed by atoms with van der Waals surface area (Å²) in [6, 6.07) is 4.34. The Labute approximate surface area is 170 Å². The lowest BCUT2D eigenvalue weighted by molar-refractivity contribution is -0.384. The largest absolute Gasteiger partial charge is 0.461 e. The van der Waals surface area contributed by atoms with Crippen molar-refractivity contribution in [1.29, 1.82) is 0 Å². The standard InChI is InChI=1S/C19H20N4O5S/c1-5-22-11(4)15(10(3)16(22)18(25)28-6-2)17(24)21-19-20-13-8-7-12(23(26)27)9-14(13)29-19/h7-9H,5-6H2,1-4H3,(H,20,21,24). The first kappa shape index (κ1) is 20.5. The number of amides is 1. The van der Waals surface area contributed by atoms with E-state index in [0.29, 0.717) is 44.4 Å². The SMILES string of the molecule is CCOC(=O)c1c(C)c(C(=O)Nc2nc3ccc([N+](=O)[O-])cc3s2)c(C)n1CC. The van der Waals surface area contributed by atoms with Crippen LogP contribution in [0.3, 0.4) is 0 Å². The minimum atomic E-state index is -0.478. The summed E-state index contributed by atoms with van der Waals surface area (Å²) in [6.07, 6.45) is 0. The second-order valence-corrected chi connectivity index (χ2v) is 7.31. The van der Waals surface area contributed by atoms with Gasteiger partial charge < -0.3 is 9.30 Å². The predicted molar refractivity (Wildman–Crippen MR) is 110 cm³/mol. The third kappa shape index (κ3) is 3.70. The number of nitro groups is 1. The van der Waals surface area contributed by atoms with Crippen LogP contribution < -0.4 is 5.32 Å². The Kier molecular flexibility index (Phi) is 5.64. The number of benzene rings is 1. The number of nitro benzene ring substituents is 1. The van der Waals surface area contributed by atoms with Crippen molar-refractivity contribution in [2.45, 2.75) is 34.2 Å². The molecule has 2 heterocycles. The molecule has 0 aliphatic carbocycles. The van der Waals surface area contributed by atoms with Gasteiger partial charge in [-0.1, -0.05) is 11.3 Å². The number of carbonyl (C=O) groups excluding carboxylic acids is 2. The van der Waals surface area contributed by atoms with Gasteiger partial charge in [0.15, 0.2) is 5.13 Å². The molecule has 0 bridgehead atoms. The van der Waals surface area contributed by atoms with Crippen LogP contribution in [0.2, 0.25) is 0 Å². The molecule has 10 heteroatoms. The van der Waals surface area contributed by atoms with E-state index in [1.165, 1.54) is 12.1 Å². The number of nitrogens with zero attached hydrogens (tertiary/aromatic N) is 3. The van der Waals surface area contributed by atoms with Gasteiger partial charge in [-0.05, 0) is 39.3 Å². The Bertz CT molecular complexity index is 1130. The Morgan fingerprint density at radius 1 is 1.31 bits per heavy atom. The highest BCUT2D eigenvalue weighted by atomic mass is 32.1. The van der Waals surface area contributed by atoms with Crippen LogP contribution in [0.25, 0.3) is 10.2 Å². The maximum absolute atomic E-state index is 13.0. The Morgan fingerprint density at radius 3 is 2.66 bits per heavy atom. The van der Waals surface area contributed by atoms with Crippen molar-refractivity contribution in [2.75, 3.05) is 11.9 Å². The van der Waals surface area contributed by atoms with Gasteiger partial charge in [0.2, 0.25) is 0 Å². The van der Waals surface area contributed by atoms with Gasteiger partial charge in [0.05, 0.1) is 27.3 Å². The second-order valence-electron chi connectivity index (χ2n) is 6.28. The molecule has 1 N–H and O–H groups in total. The molecule has 1 amide bonds. The molecule has 0 radical (unpaired) electrons. The number of carbonyl (C=O) groups is 2. The molecule has 0 aliphatic rings. The third-order valence-electron chi connectivity index (χ3n) is 4.58. The summed E-state index contributed by atoms with van der Waals surface area (Å²) in [5.74, 6) is -0.868. The summed E-state index contributed by atoms with van der Waals surface area (Å²) in [6.45, 7) is 7.85. The monoisotopic (exact) mass is 416 g/mol. The topological polar surface area (TPSA) is 116 Å². The van der Waals surface area contributed by atoms with Crippen LogP contribution >= 0.6 is 11.3 Å². The molecule has 2 aromatic heterocycles. The van der Waals surface area contributed by atoms with Crippen molar-refractivity contribution < 1.29 is 19.2 Å². The van der Waals surface area contributed by atoms with Crippen molar-refractivity contribution in [3.05, 3.63) is 50.8 Å². The van der Waals surface area contributed by atoms with E-state index in [2.05, 4.69) is 10.3 Å². The minimum Gasteiger partial charge on any atom is -0.461 e. The Balaban J connectivity index is 1.96. The molecule has 0 atom stereocenters. The average molecular weight is 416 g/mol. The zero-order chi connectivity index (χ0) is 21.3. The van der Waals surface area contributed by atoms with Gasteiger partial charge in [0, 0.05) is 24.4 Å². The zero-order valence-electron chi connectivity index (χ0n) is 16.4. The van der Waals surface area contributed by atoms with E-state index in [-0.39, 0.29) is 12.3 Å². The first-order valence-electron chi connectivity index (χ1n) is 9.01. The number of rotatable bonds is 6. The summed E-state index contributed by atoms with van der Waals surface area (Å²) < 4.78 is 7.48. The number of non-ortho nitro benzene ring substituents is 1. The van der Waals surface area contributed by atoms with Crippen LogP contribution in [-0.2, 0) is 11.3 Å². The van der Waals surface area contributed by atoms with Crippen LogP contribution in [0.1, 0.15) is 46.0 Å². The van der Waals surface area contributed by atoms with E-state index >= 15 is 0 Å². The van der Waals surface area contributed by atoms with Gasteiger partial charge >= 0.3 is 5.97 Å². The first-order chi connectivity index (χ1) is 13.8. The fourth-order valence-electron chi connectivity index (χ4n) is 3.33. The van der Waals surface area contributed by atoms with Crippen molar-refractivity contribution in [3.63, 3.8) is 0 Å². The molecule has 1 aromatic carbocycles. The second kappa shape index (κ2) is 8.00. The van der Waals surface area contributed by atoms with Crippen molar-refractivity contribution in [1.82, 2.24) is 9.55 Å². The lowest BCUT2D eigenvalue weighted by Crippen LogP contribution is -2.14. The highest BCUT2D eigenvalue weighted by Crippen LogP contribution is 2.30. The number of fused-ring (bicyclic) bond motifs is 1. The van der Waals surface area contributed by atoms with E-state index < -0.39 is 16.8 Å². The highest BCUT2D eigenvalue weighted by molar-refractivity contribution is 7.22. The van der Waals surface area contributed by atoms with Gasteiger partial charge in [-0.25, -0.2) is 9.78 Å². The van der Waals surface area contributed by atoms with Gasteiger partial charge in [-0.3, -0.25) is 20.2 Å².